The first-order chi connectivity index (χ1) is 7.93. The van der Waals surface area contributed by atoms with Crippen molar-refractivity contribution in [3.05, 3.63) is 0 Å². The van der Waals surface area contributed by atoms with Crippen molar-refractivity contribution in [2.75, 3.05) is 5.75 Å². The van der Waals surface area contributed by atoms with Crippen molar-refractivity contribution in [2.45, 2.75) is 25.0 Å². The number of rotatable bonds is 6. The summed E-state index contributed by atoms with van der Waals surface area (Å²) in [7, 11) is 0. The van der Waals surface area contributed by atoms with E-state index in [1.54, 1.807) is 0 Å². The summed E-state index contributed by atoms with van der Waals surface area (Å²) in [6, 6.07) is -0.679. The predicted molar refractivity (Wildman–Crippen MR) is 59.2 cm³/mol. The van der Waals surface area contributed by atoms with Gasteiger partial charge in [0.1, 0.15) is 6.04 Å². The van der Waals surface area contributed by atoms with E-state index in [4.69, 9.17) is 10.8 Å². The molecule has 1 rings (SSSR count). The van der Waals surface area contributed by atoms with Crippen molar-refractivity contribution in [3.63, 3.8) is 0 Å². The van der Waals surface area contributed by atoms with Crippen molar-refractivity contribution in [1.82, 2.24) is 20.2 Å². The standard InChI is InChI=1S/C8H13N5O3S/c1-4(2)6(7(9)16)13-8(10-11-12-13)17-3-5(14)15/h4,6H,3H2,1-2H3,(H2,9,16)(H,14,15). The van der Waals surface area contributed by atoms with Gasteiger partial charge in [-0.15, -0.1) is 5.10 Å². The Labute approximate surface area is 102 Å². The quantitative estimate of drug-likeness (QED) is 0.662. The van der Waals surface area contributed by atoms with Gasteiger partial charge in [-0.05, 0) is 16.3 Å². The third-order valence-electron chi connectivity index (χ3n) is 1.97. The maximum atomic E-state index is 11.3. The lowest BCUT2D eigenvalue weighted by atomic mass is 10.0. The number of aliphatic carboxylic acids is 1. The summed E-state index contributed by atoms with van der Waals surface area (Å²) in [4.78, 5) is 21.8. The monoisotopic (exact) mass is 259 g/mol. The van der Waals surface area contributed by atoms with Gasteiger partial charge < -0.3 is 10.8 Å². The molecule has 1 amide bonds. The molecule has 1 unspecified atom stereocenters. The van der Waals surface area contributed by atoms with Crippen molar-refractivity contribution in [3.8, 4) is 0 Å². The second-order valence-corrected chi connectivity index (χ2v) is 4.62. The van der Waals surface area contributed by atoms with Crippen LogP contribution >= 0.6 is 11.8 Å². The molecule has 0 aliphatic rings. The molecule has 0 saturated heterocycles. The first-order valence-electron chi connectivity index (χ1n) is 4.85. The van der Waals surface area contributed by atoms with Crippen LogP contribution in [0.3, 0.4) is 0 Å². The molecule has 94 valence electrons. The smallest absolute Gasteiger partial charge is 0.313 e. The molecule has 1 aromatic rings. The van der Waals surface area contributed by atoms with E-state index in [1.165, 1.54) is 4.68 Å². The van der Waals surface area contributed by atoms with Crippen LogP contribution in [0.5, 0.6) is 0 Å². The molecule has 0 aromatic carbocycles. The summed E-state index contributed by atoms with van der Waals surface area (Å²) in [5.74, 6) is -1.79. The average Bonchev–Trinajstić information content (AvgIpc) is 2.61. The fraction of sp³-hybridized carbons (Fsp3) is 0.625. The number of amides is 1. The lowest BCUT2D eigenvalue weighted by molar-refractivity contribution is -0.133. The highest BCUT2D eigenvalue weighted by molar-refractivity contribution is 7.99. The molecule has 0 bridgehead atoms. The molecule has 17 heavy (non-hydrogen) atoms. The lowest BCUT2D eigenvalue weighted by Gasteiger charge is -2.17. The molecule has 0 spiro atoms. The van der Waals surface area contributed by atoms with Crippen LogP contribution in [-0.4, -0.2) is 42.9 Å². The van der Waals surface area contributed by atoms with Crippen molar-refractivity contribution < 1.29 is 14.7 Å². The molecular weight excluding hydrogens is 246 g/mol. The second kappa shape index (κ2) is 5.62. The molecule has 1 atom stereocenters. The maximum Gasteiger partial charge on any atom is 0.313 e. The molecular formula is C8H13N5O3S. The zero-order valence-electron chi connectivity index (χ0n) is 9.40. The number of tetrazole rings is 1. The van der Waals surface area contributed by atoms with Gasteiger partial charge in [-0.25, -0.2) is 4.68 Å². The molecule has 0 radical (unpaired) electrons. The van der Waals surface area contributed by atoms with Crippen LogP contribution in [0.25, 0.3) is 0 Å². The van der Waals surface area contributed by atoms with Gasteiger partial charge in [-0.2, -0.15) is 0 Å². The van der Waals surface area contributed by atoms with Crippen LogP contribution in [0.1, 0.15) is 19.9 Å². The number of nitrogens with two attached hydrogens (primary N) is 1. The van der Waals surface area contributed by atoms with Crippen LogP contribution < -0.4 is 5.73 Å². The molecule has 0 saturated carbocycles. The molecule has 3 N–H and O–H groups in total. The van der Waals surface area contributed by atoms with E-state index in [9.17, 15) is 9.59 Å². The average molecular weight is 259 g/mol. The molecule has 1 heterocycles. The Morgan fingerprint density at radius 3 is 2.65 bits per heavy atom. The van der Waals surface area contributed by atoms with Crippen molar-refractivity contribution in [1.29, 1.82) is 0 Å². The Bertz CT molecular complexity index is 419. The van der Waals surface area contributed by atoms with Crippen molar-refractivity contribution in [2.24, 2.45) is 11.7 Å². The predicted octanol–water partition coefficient (Wildman–Crippen LogP) is -0.468. The SMILES string of the molecule is CC(C)C(C(N)=O)n1nnnc1SCC(=O)O. The summed E-state index contributed by atoms with van der Waals surface area (Å²) < 4.78 is 1.26. The van der Waals surface area contributed by atoms with Gasteiger partial charge in [0.2, 0.25) is 11.1 Å². The minimum Gasteiger partial charge on any atom is -0.481 e. The summed E-state index contributed by atoms with van der Waals surface area (Å²) in [5, 5.41) is 19.6. The van der Waals surface area contributed by atoms with Crippen molar-refractivity contribution >= 4 is 23.6 Å². The number of aromatic nitrogens is 4. The molecule has 9 heteroatoms. The minimum atomic E-state index is -0.982. The summed E-state index contributed by atoms with van der Waals surface area (Å²) in [6.45, 7) is 3.62. The molecule has 0 aliphatic carbocycles. The first kappa shape index (κ1) is 13.4. The van der Waals surface area contributed by atoms with Crippen LogP contribution in [0.2, 0.25) is 0 Å². The highest BCUT2D eigenvalue weighted by Crippen LogP contribution is 2.22. The molecule has 0 fully saturated rings. The van der Waals surface area contributed by atoms with E-state index in [0.717, 1.165) is 11.8 Å². The Kier molecular flexibility index (Phi) is 4.44. The molecule has 8 nitrogen and oxygen atoms in total. The summed E-state index contributed by atoms with van der Waals surface area (Å²) >= 11 is 0.944. The van der Waals surface area contributed by atoms with Gasteiger partial charge in [-0.3, -0.25) is 9.59 Å². The number of hydrogen-bond donors (Lipinski definition) is 2. The van der Waals surface area contributed by atoms with E-state index in [2.05, 4.69) is 15.5 Å². The number of primary amides is 1. The number of carbonyl (C=O) groups excluding carboxylic acids is 1. The Hall–Kier alpha value is -1.64. The Morgan fingerprint density at radius 2 is 2.18 bits per heavy atom. The number of thioether (sulfide) groups is 1. The van der Waals surface area contributed by atoms with Gasteiger partial charge in [-0.1, -0.05) is 25.6 Å². The maximum absolute atomic E-state index is 11.3. The summed E-state index contributed by atoms with van der Waals surface area (Å²) in [5.41, 5.74) is 5.27. The number of hydrogen-bond acceptors (Lipinski definition) is 6. The van der Waals surface area contributed by atoms with Gasteiger partial charge in [0.05, 0.1) is 5.75 Å². The van der Waals surface area contributed by atoms with Crippen LogP contribution in [-0.2, 0) is 9.59 Å². The van der Waals surface area contributed by atoms with Gasteiger partial charge >= 0.3 is 5.97 Å². The third kappa shape index (κ3) is 3.41. The number of carboxylic acid groups (broad SMARTS) is 1. The van der Waals surface area contributed by atoms with E-state index >= 15 is 0 Å². The highest BCUT2D eigenvalue weighted by Gasteiger charge is 2.26. The summed E-state index contributed by atoms with van der Waals surface area (Å²) in [6.07, 6.45) is 0. The minimum absolute atomic E-state index is 0.0832. The lowest BCUT2D eigenvalue weighted by Crippen LogP contribution is -2.31. The fourth-order valence-corrected chi connectivity index (χ4v) is 1.94. The highest BCUT2D eigenvalue weighted by atomic mass is 32.2. The fourth-order valence-electron chi connectivity index (χ4n) is 1.31. The largest absolute Gasteiger partial charge is 0.481 e. The Morgan fingerprint density at radius 1 is 1.53 bits per heavy atom. The zero-order chi connectivity index (χ0) is 13.0. The zero-order valence-corrected chi connectivity index (χ0v) is 10.2. The first-order valence-corrected chi connectivity index (χ1v) is 5.83. The number of carboxylic acids is 1. The van der Waals surface area contributed by atoms with Gasteiger partial charge in [0.25, 0.3) is 0 Å². The van der Waals surface area contributed by atoms with E-state index in [1.807, 2.05) is 13.8 Å². The Balaban J connectivity index is 2.92. The van der Waals surface area contributed by atoms with E-state index in [0.29, 0.717) is 0 Å². The van der Waals surface area contributed by atoms with Crippen LogP contribution in [0, 0.1) is 5.92 Å². The molecule has 0 aliphatic heterocycles. The van der Waals surface area contributed by atoms with Gasteiger partial charge in [0, 0.05) is 0 Å². The van der Waals surface area contributed by atoms with Crippen LogP contribution in [0.15, 0.2) is 5.16 Å². The number of nitrogens with zero attached hydrogens (tertiary/aromatic N) is 4. The third-order valence-corrected chi connectivity index (χ3v) is 2.89. The van der Waals surface area contributed by atoms with E-state index < -0.39 is 17.9 Å². The normalized spacial score (nSPS) is 12.6. The topological polar surface area (TPSA) is 124 Å². The number of carbonyl (C=O) groups is 2. The van der Waals surface area contributed by atoms with E-state index in [-0.39, 0.29) is 16.8 Å². The molecule has 1 aromatic heterocycles. The second-order valence-electron chi connectivity index (χ2n) is 3.68. The van der Waals surface area contributed by atoms with Crippen LogP contribution in [0.4, 0.5) is 0 Å². The van der Waals surface area contributed by atoms with Gasteiger partial charge in [0.15, 0.2) is 0 Å².